The molecule has 1 saturated carbocycles. The number of pyridine rings is 1. The van der Waals surface area contributed by atoms with Crippen LogP contribution >= 0.6 is 0 Å². The van der Waals surface area contributed by atoms with E-state index in [4.69, 9.17) is 9.98 Å². The standard InChI is InChI=1S/C23H39N7/c1-3-24-23(27-20-10-11-30(18-20)21-6-4-5-7-21)26-17-19-8-9-22(25-16-19)29-14-12-28(2)13-15-29/h8-9,16,20-21H,3-7,10-15,17-18H2,1-2H3,(H2,24,26,27). The number of nitrogens with one attached hydrogen (secondary N) is 2. The SMILES string of the molecule is CCNC(=NCc1ccc(N2CCN(C)CC2)nc1)NC1CCN(C2CCCC2)C1. The summed E-state index contributed by atoms with van der Waals surface area (Å²) in [6.45, 7) is 10.3. The van der Waals surface area contributed by atoms with Crippen LogP contribution in [0.25, 0.3) is 0 Å². The molecule has 0 bridgehead atoms. The van der Waals surface area contributed by atoms with Gasteiger partial charge >= 0.3 is 0 Å². The van der Waals surface area contributed by atoms with E-state index in [1.807, 2.05) is 6.20 Å². The van der Waals surface area contributed by atoms with Gasteiger partial charge in [0.1, 0.15) is 5.82 Å². The zero-order chi connectivity index (χ0) is 20.8. The topological polar surface area (TPSA) is 59.0 Å². The molecule has 0 radical (unpaired) electrons. The van der Waals surface area contributed by atoms with E-state index in [-0.39, 0.29) is 0 Å². The molecular weight excluding hydrogens is 374 g/mol. The Labute approximate surface area is 181 Å². The molecule has 1 aromatic heterocycles. The summed E-state index contributed by atoms with van der Waals surface area (Å²) in [5.74, 6) is 2.01. The lowest BCUT2D eigenvalue weighted by Gasteiger charge is -2.33. The number of nitrogens with zero attached hydrogens (tertiary/aromatic N) is 5. The van der Waals surface area contributed by atoms with E-state index in [1.165, 1.54) is 38.6 Å². The number of anilines is 1. The van der Waals surface area contributed by atoms with Gasteiger partial charge in [0.2, 0.25) is 0 Å². The summed E-state index contributed by atoms with van der Waals surface area (Å²) in [5.41, 5.74) is 1.16. The predicted octanol–water partition coefficient (Wildman–Crippen LogP) is 1.91. The molecule has 2 N–H and O–H groups in total. The first kappa shape index (κ1) is 21.4. The molecule has 1 aliphatic carbocycles. The van der Waals surface area contributed by atoms with Gasteiger partial charge in [0.25, 0.3) is 0 Å². The molecule has 2 aliphatic heterocycles. The van der Waals surface area contributed by atoms with Crippen LogP contribution in [0.5, 0.6) is 0 Å². The summed E-state index contributed by atoms with van der Waals surface area (Å²) in [4.78, 5) is 17.0. The molecular formula is C23H39N7. The molecule has 0 amide bonds. The second-order valence-corrected chi connectivity index (χ2v) is 9.07. The van der Waals surface area contributed by atoms with Crippen molar-refractivity contribution in [1.29, 1.82) is 0 Å². The van der Waals surface area contributed by atoms with E-state index in [9.17, 15) is 0 Å². The quantitative estimate of drug-likeness (QED) is 0.549. The normalized spacial score (nSPS) is 24.5. The third-order valence-electron chi connectivity index (χ3n) is 6.80. The first-order valence-electron chi connectivity index (χ1n) is 11.9. The largest absolute Gasteiger partial charge is 0.357 e. The minimum absolute atomic E-state index is 0.501. The fourth-order valence-electron chi connectivity index (χ4n) is 4.92. The first-order chi connectivity index (χ1) is 14.7. The molecule has 0 aromatic carbocycles. The molecule has 1 aromatic rings. The van der Waals surface area contributed by atoms with Crippen LogP contribution in [-0.4, -0.2) is 85.7 Å². The summed E-state index contributed by atoms with van der Waals surface area (Å²) in [6, 6.07) is 5.64. The average Bonchev–Trinajstić information content (AvgIpc) is 3.45. The third-order valence-corrected chi connectivity index (χ3v) is 6.80. The zero-order valence-corrected chi connectivity index (χ0v) is 18.8. The number of guanidine groups is 1. The lowest BCUT2D eigenvalue weighted by molar-refractivity contribution is 0.242. The van der Waals surface area contributed by atoms with E-state index in [0.29, 0.717) is 12.6 Å². The van der Waals surface area contributed by atoms with Crippen LogP contribution in [0.1, 0.15) is 44.6 Å². The van der Waals surface area contributed by atoms with Crippen LogP contribution in [0.4, 0.5) is 5.82 Å². The van der Waals surface area contributed by atoms with Crippen molar-refractivity contribution in [2.75, 3.05) is 57.8 Å². The van der Waals surface area contributed by atoms with Crippen molar-refractivity contribution in [3.8, 4) is 0 Å². The van der Waals surface area contributed by atoms with Crippen LogP contribution in [0.3, 0.4) is 0 Å². The van der Waals surface area contributed by atoms with Gasteiger partial charge in [0, 0.05) is 64.1 Å². The molecule has 0 spiro atoms. The van der Waals surface area contributed by atoms with Crippen molar-refractivity contribution >= 4 is 11.8 Å². The van der Waals surface area contributed by atoms with Gasteiger partial charge in [-0.15, -0.1) is 0 Å². The van der Waals surface area contributed by atoms with Gasteiger partial charge < -0.3 is 20.4 Å². The Kier molecular flexibility index (Phi) is 7.44. The maximum atomic E-state index is 4.84. The molecule has 3 heterocycles. The Bertz CT molecular complexity index is 675. The smallest absolute Gasteiger partial charge is 0.191 e. The molecule has 4 rings (SSSR count). The van der Waals surface area contributed by atoms with Gasteiger partial charge in [0.15, 0.2) is 5.96 Å². The van der Waals surface area contributed by atoms with Crippen molar-refractivity contribution in [1.82, 2.24) is 25.4 Å². The summed E-state index contributed by atoms with van der Waals surface area (Å²) < 4.78 is 0. The molecule has 3 fully saturated rings. The summed E-state index contributed by atoms with van der Waals surface area (Å²) >= 11 is 0. The Morgan fingerprint density at radius 2 is 1.90 bits per heavy atom. The minimum atomic E-state index is 0.501. The van der Waals surface area contributed by atoms with Crippen LogP contribution in [0.2, 0.25) is 0 Å². The van der Waals surface area contributed by atoms with Gasteiger partial charge in [-0.05, 0) is 44.9 Å². The highest BCUT2D eigenvalue weighted by atomic mass is 15.3. The van der Waals surface area contributed by atoms with Gasteiger partial charge in [-0.3, -0.25) is 4.90 Å². The number of hydrogen-bond acceptors (Lipinski definition) is 5. The van der Waals surface area contributed by atoms with Crippen molar-refractivity contribution in [2.45, 2.75) is 57.7 Å². The number of aliphatic imine (C=N–C) groups is 1. The molecule has 30 heavy (non-hydrogen) atoms. The van der Waals surface area contributed by atoms with Crippen LogP contribution in [-0.2, 0) is 6.54 Å². The van der Waals surface area contributed by atoms with Gasteiger partial charge in [-0.25, -0.2) is 9.98 Å². The maximum absolute atomic E-state index is 4.84. The minimum Gasteiger partial charge on any atom is -0.357 e. The summed E-state index contributed by atoms with van der Waals surface area (Å²) in [6.07, 6.45) is 8.78. The number of aromatic nitrogens is 1. The number of likely N-dealkylation sites (N-methyl/N-ethyl adjacent to an activating group) is 1. The van der Waals surface area contributed by atoms with Crippen molar-refractivity contribution in [2.24, 2.45) is 4.99 Å². The highest BCUT2D eigenvalue weighted by Crippen LogP contribution is 2.26. The Morgan fingerprint density at radius 3 is 2.60 bits per heavy atom. The first-order valence-corrected chi connectivity index (χ1v) is 11.9. The zero-order valence-electron chi connectivity index (χ0n) is 18.8. The molecule has 7 nitrogen and oxygen atoms in total. The van der Waals surface area contributed by atoms with E-state index < -0.39 is 0 Å². The highest BCUT2D eigenvalue weighted by molar-refractivity contribution is 5.80. The van der Waals surface area contributed by atoms with Gasteiger partial charge in [-0.1, -0.05) is 18.9 Å². The maximum Gasteiger partial charge on any atom is 0.191 e. The lowest BCUT2D eigenvalue weighted by atomic mass is 10.2. The third kappa shape index (κ3) is 5.64. The molecule has 166 valence electrons. The van der Waals surface area contributed by atoms with Crippen molar-refractivity contribution in [3.05, 3.63) is 23.9 Å². The van der Waals surface area contributed by atoms with Crippen molar-refractivity contribution < 1.29 is 0 Å². The monoisotopic (exact) mass is 413 g/mol. The fraction of sp³-hybridized carbons (Fsp3) is 0.739. The van der Waals surface area contributed by atoms with E-state index >= 15 is 0 Å². The molecule has 2 saturated heterocycles. The number of hydrogen-bond donors (Lipinski definition) is 2. The summed E-state index contributed by atoms with van der Waals surface area (Å²) in [5, 5.41) is 7.09. The predicted molar refractivity (Wildman–Crippen MR) is 124 cm³/mol. The molecule has 1 atom stereocenters. The second kappa shape index (κ2) is 10.4. The number of piperazine rings is 1. The summed E-state index contributed by atoms with van der Waals surface area (Å²) in [7, 11) is 2.18. The fourth-order valence-corrected chi connectivity index (χ4v) is 4.92. The van der Waals surface area contributed by atoms with Gasteiger partial charge in [0.05, 0.1) is 6.54 Å². The molecule has 7 heteroatoms. The number of rotatable bonds is 6. The molecule has 1 unspecified atom stereocenters. The van der Waals surface area contributed by atoms with Crippen LogP contribution in [0.15, 0.2) is 23.3 Å². The van der Waals surface area contributed by atoms with E-state index in [0.717, 1.165) is 62.7 Å². The van der Waals surface area contributed by atoms with Crippen LogP contribution in [0, 0.1) is 0 Å². The van der Waals surface area contributed by atoms with Crippen LogP contribution < -0.4 is 15.5 Å². The van der Waals surface area contributed by atoms with E-state index in [2.05, 4.69) is 51.4 Å². The van der Waals surface area contributed by atoms with Crippen molar-refractivity contribution in [3.63, 3.8) is 0 Å². The Balaban J connectivity index is 1.29. The lowest BCUT2D eigenvalue weighted by Crippen LogP contribution is -2.45. The van der Waals surface area contributed by atoms with E-state index in [1.54, 1.807) is 0 Å². The highest BCUT2D eigenvalue weighted by Gasteiger charge is 2.30. The second-order valence-electron chi connectivity index (χ2n) is 9.07. The average molecular weight is 414 g/mol. The Morgan fingerprint density at radius 1 is 1.10 bits per heavy atom. The molecule has 3 aliphatic rings. The Hall–Kier alpha value is -1.86. The van der Waals surface area contributed by atoms with Gasteiger partial charge in [-0.2, -0.15) is 0 Å². The number of likely N-dealkylation sites (tertiary alicyclic amines) is 1.